The minimum absolute atomic E-state index is 0.0134. The molecule has 0 aromatic rings. The molecule has 0 aromatic carbocycles. The van der Waals surface area contributed by atoms with E-state index in [1.807, 2.05) is 27.7 Å². The minimum Gasteiger partial charge on any atom is -0.480 e. The van der Waals surface area contributed by atoms with Crippen LogP contribution >= 0.6 is 11.8 Å². The lowest BCUT2D eigenvalue weighted by atomic mass is 10.1. The van der Waals surface area contributed by atoms with Gasteiger partial charge in [0.1, 0.15) is 6.04 Å². The van der Waals surface area contributed by atoms with E-state index in [2.05, 4.69) is 5.32 Å². The van der Waals surface area contributed by atoms with Crippen molar-refractivity contribution in [2.24, 2.45) is 0 Å². The molecule has 0 aliphatic carbocycles. The van der Waals surface area contributed by atoms with Gasteiger partial charge in [-0.25, -0.2) is 4.79 Å². The van der Waals surface area contributed by atoms with Crippen LogP contribution in [0, 0.1) is 0 Å². The van der Waals surface area contributed by atoms with Crippen LogP contribution in [0.15, 0.2) is 0 Å². The van der Waals surface area contributed by atoms with Crippen molar-refractivity contribution in [3.8, 4) is 0 Å². The maximum atomic E-state index is 11.6. The SMILES string of the molecule is CCCCC(NC(=O)CSC(C)(C)C)C(=O)O. The molecule has 2 N–H and O–H groups in total. The van der Waals surface area contributed by atoms with E-state index in [0.29, 0.717) is 12.2 Å². The summed E-state index contributed by atoms with van der Waals surface area (Å²) < 4.78 is 0.0134. The third-order valence-corrected chi connectivity index (χ3v) is 3.39. The molecule has 0 rings (SSSR count). The molecule has 0 bridgehead atoms. The molecule has 1 atom stereocenters. The van der Waals surface area contributed by atoms with Crippen molar-refractivity contribution in [1.82, 2.24) is 5.32 Å². The molecule has 0 spiro atoms. The second-order valence-electron chi connectivity index (χ2n) is 5.00. The summed E-state index contributed by atoms with van der Waals surface area (Å²) in [5.41, 5.74) is 0. The molecule has 17 heavy (non-hydrogen) atoms. The Morgan fingerprint density at radius 3 is 2.35 bits per heavy atom. The summed E-state index contributed by atoms with van der Waals surface area (Å²) in [6, 6.07) is -0.747. The molecule has 100 valence electrons. The summed E-state index contributed by atoms with van der Waals surface area (Å²) in [5, 5.41) is 11.5. The molecule has 0 aromatic heterocycles. The molecule has 1 amide bonds. The van der Waals surface area contributed by atoms with Gasteiger partial charge >= 0.3 is 5.97 Å². The zero-order valence-corrected chi connectivity index (χ0v) is 11.9. The Balaban J connectivity index is 4.08. The van der Waals surface area contributed by atoms with Gasteiger partial charge in [0.25, 0.3) is 0 Å². The number of unbranched alkanes of at least 4 members (excludes halogenated alkanes) is 1. The predicted octanol–water partition coefficient (Wildman–Crippen LogP) is 2.28. The number of thioether (sulfide) groups is 1. The minimum atomic E-state index is -0.951. The van der Waals surface area contributed by atoms with E-state index in [4.69, 9.17) is 5.11 Å². The summed E-state index contributed by atoms with van der Waals surface area (Å²) in [6.07, 6.45) is 2.23. The maximum Gasteiger partial charge on any atom is 0.326 e. The van der Waals surface area contributed by atoms with E-state index in [0.717, 1.165) is 12.8 Å². The van der Waals surface area contributed by atoms with Gasteiger partial charge in [0, 0.05) is 4.75 Å². The zero-order chi connectivity index (χ0) is 13.5. The Bertz CT molecular complexity index is 261. The second-order valence-corrected chi connectivity index (χ2v) is 6.80. The Labute approximate surface area is 108 Å². The van der Waals surface area contributed by atoms with Gasteiger partial charge in [0.2, 0.25) is 5.91 Å². The molecular weight excluding hydrogens is 238 g/mol. The van der Waals surface area contributed by atoms with Crippen molar-refractivity contribution in [2.75, 3.05) is 5.75 Å². The van der Waals surface area contributed by atoms with E-state index in [-0.39, 0.29) is 10.7 Å². The lowest BCUT2D eigenvalue weighted by Gasteiger charge is -2.18. The first-order valence-corrected chi connectivity index (χ1v) is 6.91. The van der Waals surface area contributed by atoms with Crippen molar-refractivity contribution in [3.05, 3.63) is 0 Å². The van der Waals surface area contributed by atoms with Gasteiger partial charge in [0.15, 0.2) is 0 Å². The monoisotopic (exact) mass is 261 g/mol. The number of aliphatic carboxylic acids is 1. The summed E-state index contributed by atoms with van der Waals surface area (Å²) in [6.45, 7) is 8.07. The average molecular weight is 261 g/mol. The highest BCUT2D eigenvalue weighted by molar-refractivity contribution is 8.01. The molecule has 0 aliphatic heterocycles. The van der Waals surface area contributed by atoms with Crippen LogP contribution < -0.4 is 5.32 Å². The molecule has 0 aliphatic rings. The highest BCUT2D eigenvalue weighted by Crippen LogP contribution is 2.22. The molecule has 5 heteroatoms. The van der Waals surface area contributed by atoms with Crippen molar-refractivity contribution in [3.63, 3.8) is 0 Å². The topological polar surface area (TPSA) is 66.4 Å². The number of rotatable bonds is 7. The number of carbonyl (C=O) groups excluding carboxylic acids is 1. The summed E-state index contributed by atoms with van der Waals surface area (Å²) in [5.74, 6) is -0.847. The van der Waals surface area contributed by atoms with Crippen LogP contribution in [0.1, 0.15) is 47.0 Å². The number of amides is 1. The van der Waals surface area contributed by atoms with Crippen molar-refractivity contribution in [2.45, 2.75) is 57.7 Å². The molecule has 4 nitrogen and oxygen atoms in total. The number of hydrogen-bond donors (Lipinski definition) is 2. The summed E-state index contributed by atoms with van der Waals surface area (Å²) in [7, 11) is 0. The number of hydrogen-bond acceptors (Lipinski definition) is 3. The van der Waals surface area contributed by atoms with Crippen molar-refractivity contribution in [1.29, 1.82) is 0 Å². The van der Waals surface area contributed by atoms with Crippen LogP contribution in [0.4, 0.5) is 0 Å². The van der Waals surface area contributed by atoms with E-state index in [1.54, 1.807) is 0 Å². The van der Waals surface area contributed by atoms with Gasteiger partial charge in [-0.05, 0) is 6.42 Å². The Hall–Kier alpha value is -0.710. The quantitative estimate of drug-likeness (QED) is 0.738. The number of carboxylic acids is 1. The Morgan fingerprint density at radius 1 is 1.35 bits per heavy atom. The highest BCUT2D eigenvalue weighted by Gasteiger charge is 2.20. The van der Waals surface area contributed by atoms with Gasteiger partial charge in [0.05, 0.1) is 5.75 Å². The van der Waals surface area contributed by atoms with Gasteiger partial charge in [-0.1, -0.05) is 40.5 Å². The molecule has 0 saturated carbocycles. The zero-order valence-electron chi connectivity index (χ0n) is 11.1. The van der Waals surface area contributed by atoms with Gasteiger partial charge in [-0.3, -0.25) is 4.79 Å². The fourth-order valence-corrected chi connectivity index (χ4v) is 1.83. The van der Waals surface area contributed by atoms with Crippen LogP contribution in [0.25, 0.3) is 0 Å². The number of nitrogens with one attached hydrogen (secondary N) is 1. The standard InChI is InChI=1S/C12H23NO3S/c1-5-6-7-9(11(15)16)13-10(14)8-17-12(2,3)4/h9H,5-8H2,1-4H3,(H,13,14)(H,15,16). The van der Waals surface area contributed by atoms with E-state index >= 15 is 0 Å². The summed E-state index contributed by atoms with van der Waals surface area (Å²) in [4.78, 5) is 22.5. The molecule has 0 radical (unpaired) electrons. The average Bonchev–Trinajstić information content (AvgIpc) is 2.19. The normalized spacial score (nSPS) is 13.2. The van der Waals surface area contributed by atoms with Gasteiger partial charge in [-0.2, -0.15) is 0 Å². The Kier molecular flexibility index (Phi) is 7.27. The van der Waals surface area contributed by atoms with Crippen molar-refractivity contribution >= 4 is 23.6 Å². The summed E-state index contributed by atoms with van der Waals surface area (Å²) >= 11 is 1.51. The van der Waals surface area contributed by atoms with E-state index in [1.165, 1.54) is 11.8 Å². The number of carboxylic acid groups (broad SMARTS) is 1. The second kappa shape index (κ2) is 7.58. The fraction of sp³-hybridized carbons (Fsp3) is 0.833. The first-order chi connectivity index (χ1) is 7.76. The lowest BCUT2D eigenvalue weighted by molar-refractivity contribution is -0.141. The molecule has 0 fully saturated rings. The largest absolute Gasteiger partial charge is 0.480 e. The maximum absolute atomic E-state index is 11.6. The van der Waals surface area contributed by atoms with Crippen LogP contribution in [-0.4, -0.2) is 33.5 Å². The predicted molar refractivity (Wildman–Crippen MR) is 71.3 cm³/mol. The van der Waals surface area contributed by atoms with Gasteiger partial charge < -0.3 is 10.4 Å². The first-order valence-electron chi connectivity index (χ1n) is 5.92. The lowest BCUT2D eigenvalue weighted by Crippen LogP contribution is -2.42. The first kappa shape index (κ1) is 16.3. The van der Waals surface area contributed by atoms with E-state index in [9.17, 15) is 9.59 Å². The molecule has 1 unspecified atom stereocenters. The van der Waals surface area contributed by atoms with Gasteiger partial charge in [-0.15, -0.1) is 11.8 Å². The van der Waals surface area contributed by atoms with Crippen LogP contribution in [0.3, 0.4) is 0 Å². The third kappa shape index (κ3) is 9.03. The number of carbonyl (C=O) groups is 2. The molecule has 0 heterocycles. The van der Waals surface area contributed by atoms with Crippen molar-refractivity contribution < 1.29 is 14.7 Å². The third-order valence-electron chi connectivity index (χ3n) is 2.12. The van der Waals surface area contributed by atoms with Crippen LogP contribution in [-0.2, 0) is 9.59 Å². The van der Waals surface area contributed by atoms with Crippen LogP contribution in [0.5, 0.6) is 0 Å². The van der Waals surface area contributed by atoms with Crippen LogP contribution in [0.2, 0.25) is 0 Å². The Morgan fingerprint density at radius 2 is 1.94 bits per heavy atom. The highest BCUT2D eigenvalue weighted by atomic mass is 32.2. The fourth-order valence-electron chi connectivity index (χ4n) is 1.18. The van der Waals surface area contributed by atoms with E-state index < -0.39 is 12.0 Å². The smallest absolute Gasteiger partial charge is 0.326 e. The molecule has 0 saturated heterocycles. The molecular formula is C12H23NO3S.